The molecule has 19 heavy (non-hydrogen) atoms. The monoisotopic (exact) mass is 287 g/mol. The molecule has 0 amide bonds. The molecule has 1 aromatic rings. The van der Waals surface area contributed by atoms with Gasteiger partial charge in [-0.3, -0.25) is 0 Å². The summed E-state index contributed by atoms with van der Waals surface area (Å²) < 4.78 is 24.1. The second kappa shape index (κ2) is 7.90. The zero-order valence-corrected chi connectivity index (χ0v) is 12.1. The van der Waals surface area contributed by atoms with Gasteiger partial charge < -0.3 is 10.6 Å². The Hall–Kier alpha value is -1.41. The van der Waals surface area contributed by atoms with E-state index in [0.717, 1.165) is 25.0 Å². The van der Waals surface area contributed by atoms with Crippen molar-refractivity contribution in [2.24, 2.45) is 0 Å². The highest BCUT2D eigenvalue weighted by molar-refractivity contribution is 7.88. The molecule has 0 aliphatic heterocycles. The summed E-state index contributed by atoms with van der Waals surface area (Å²) in [5.41, 5.74) is 0. The van der Waals surface area contributed by atoms with Gasteiger partial charge in [0, 0.05) is 25.8 Å². The van der Waals surface area contributed by atoms with E-state index in [0.29, 0.717) is 25.5 Å². The summed E-state index contributed by atoms with van der Waals surface area (Å²) in [6, 6.07) is 1.78. The van der Waals surface area contributed by atoms with E-state index < -0.39 is 10.0 Å². The molecular formula is C11H21N5O2S. The predicted molar refractivity (Wildman–Crippen MR) is 76.8 cm³/mol. The number of sulfonamides is 1. The van der Waals surface area contributed by atoms with Crippen molar-refractivity contribution in [2.75, 3.05) is 36.5 Å². The predicted octanol–water partition coefficient (Wildman–Crippen LogP) is 0.650. The normalized spacial score (nSPS) is 11.3. The number of hydrogen-bond acceptors (Lipinski definition) is 6. The molecule has 7 nitrogen and oxygen atoms in total. The van der Waals surface area contributed by atoms with Crippen LogP contribution in [0.3, 0.4) is 0 Å². The van der Waals surface area contributed by atoms with E-state index in [1.165, 1.54) is 0 Å². The van der Waals surface area contributed by atoms with E-state index in [-0.39, 0.29) is 0 Å². The lowest BCUT2D eigenvalue weighted by molar-refractivity contribution is 0.586. The van der Waals surface area contributed by atoms with Crippen LogP contribution in [0, 0.1) is 0 Å². The highest BCUT2D eigenvalue weighted by Crippen LogP contribution is 2.05. The lowest BCUT2D eigenvalue weighted by Crippen LogP contribution is -2.24. The molecule has 0 bridgehead atoms. The summed E-state index contributed by atoms with van der Waals surface area (Å²) in [6.07, 6.45) is 4.53. The Balaban J connectivity index is 2.29. The van der Waals surface area contributed by atoms with Gasteiger partial charge in [-0.05, 0) is 18.9 Å². The average Bonchev–Trinajstić information content (AvgIpc) is 2.35. The van der Waals surface area contributed by atoms with Crippen molar-refractivity contribution < 1.29 is 8.42 Å². The molecule has 0 aliphatic rings. The van der Waals surface area contributed by atoms with E-state index in [4.69, 9.17) is 0 Å². The Kier molecular flexibility index (Phi) is 6.51. The fourth-order valence-electron chi connectivity index (χ4n) is 1.34. The van der Waals surface area contributed by atoms with E-state index >= 15 is 0 Å². The Labute approximate surface area is 114 Å². The fourth-order valence-corrected chi connectivity index (χ4v) is 1.86. The van der Waals surface area contributed by atoms with Crippen LogP contribution in [0.15, 0.2) is 12.3 Å². The Morgan fingerprint density at radius 3 is 2.68 bits per heavy atom. The molecule has 0 spiro atoms. The number of nitrogens with zero attached hydrogens (tertiary/aromatic N) is 2. The summed E-state index contributed by atoms with van der Waals surface area (Å²) in [6.45, 7) is 3.97. The fraction of sp³-hybridized carbons (Fsp3) is 0.636. The zero-order chi connectivity index (χ0) is 14.1. The molecule has 1 heterocycles. The maximum atomic E-state index is 10.8. The topological polar surface area (TPSA) is 96.0 Å². The van der Waals surface area contributed by atoms with Crippen LogP contribution in [0.25, 0.3) is 0 Å². The molecular weight excluding hydrogens is 266 g/mol. The quantitative estimate of drug-likeness (QED) is 0.577. The smallest absolute Gasteiger partial charge is 0.224 e. The molecule has 0 aliphatic carbocycles. The minimum atomic E-state index is -3.10. The summed E-state index contributed by atoms with van der Waals surface area (Å²) in [7, 11) is -3.10. The van der Waals surface area contributed by atoms with Crippen molar-refractivity contribution in [2.45, 2.75) is 19.8 Å². The van der Waals surface area contributed by atoms with E-state index in [1.807, 2.05) is 0 Å². The van der Waals surface area contributed by atoms with Gasteiger partial charge >= 0.3 is 0 Å². The number of hydrogen-bond donors (Lipinski definition) is 3. The molecule has 8 heteroatoms. The molecule has 108 valence electrons. The van der Waals surface area contributed by atoms with Crippen LogP contribution in [0.1, 0.15) is 19.8 Å². The Morgan fingerprint density at radius 2 is 2.00 bits per heavy atom. The first-order valence-corrected chi connectivity index (χ1v) is 8.16. The SMILES string of the molecule is CCCNc1nccc(NCCCNS(C)(=O)=O)n1. The summed E-state index contributed by atoms with van der Waals surface area (Å²) >= 11 is 0. The lowest BCUT2D eigenvalue weighted by atomic mass is 10.4. The lowest BCUT2D eigenvalue weighted by Gasteiger charge is -2.08. The van der Waals surface area contributed by atoms with Gasteiger partial charge in [-0.15, -0.1) is 0 Å². The summed E-state index contributed by atoms with van der Waals surface area (Å²) in [4.78, 5) is 8.38. The third-order valence-electron chi connectivity index (χ3n) is 2.21. The third-order valence-corrected chi connectivity index (χ3v) is 2.94. The van der Waals surface area contributed by atoms with E-state index in [9.17, 15) is 8.42 Å². The summed E-state index contributed by atoms with van der Waals surface area (Å²) in [5.74, 6) is 1.33. The maximum Gasteiger partial charge on any atom is 0.224 e. The standard InChI is InChI=1S/C11H21N5O2S/c1-3-6-13-11-14-9-5-10(16-11)12-7-4-8-15-19(2,17)18/h5,9,15H,3-4,6-8H2,1-2H3,(H2,12,13,14,16). The highest BCUT2D eigenvalue weighted by Gasteiger charge is 2.00. The minimum absolute atomic E-state index is 0.415. The first kappa shape index (κ1) is 15.6. The molecule has 0 saturated heterocycles. The van der Waals surface area contributed by atoms with Crippen molar-refractivity contribution >= 4 is 21.8 Å². The van der Waals surface area contributed by atoms with Crippen molar-refractivity contribution in [3.63, 3.8) is 0 Å². The second-order valence-corrected chi connectivity index (χ2v) is 5.97. The van der Waals surface area contributed by atoms with Crippen LogP contribution in [-0.4, -0.2) is 44.3 Å². The Morgan fingerprint density at radius 1 is 1.21 bits per heavy atom. The van der Waals surface area contributed by atoms with Crippen LogP contribution in [0.2, 0.25) is 0 Å². The van der Waals surface area contributed by atoms with Gasteiger partial charge in [0.05, 0.1) is 6.26 Å². The first-order valence-electron chi connectivity index (χ1n) is 6.26. The molecule has 0 radical (unpaired) electrons. The van der Waals surface area contributed by atoms with Crippen LogP contribution in [-0.2, 0) is 10.0 Å². The molecule has 0 saturated carbocycles. The van der Waals surface area contributed by atoms with Crippen molar-refractivity contribution in [1.29, 1.82) is 0 Å². The molecule has 3 N–H and O–H groups in total. The molecule has 0 unspecified atom stereocenters. The van der Waals surface area contributed by atoms with Gasteiger partial charge in [-0.1, -0.05) is 6.92 Å². The van der Waals surface area contributed by atoms with Crippen molar-refractivity contribution in [3.8, 4) is 0 Å². The van der Waals surface area contributed by atoms with Gasteiger partial charge in [0.25, 0.3) is 0 Å². The summed E-state index contributed by atoms with van der Waals surface area (Å²) in [5, 5.41) is 6.22. The Bertz CT molecular complexity index is 478. The van der Waals surface area contributed by atoms with Gasteiger partial charge in [0.15, 0.2) is 0 Å². The third kappa shape index (κ3) is 7.58. The number of anilines is 2. The van der Waals surface area contributed by atoms with Gasteiger partial charge in [0.2, 0.25) is 16.0 Å². The van der Waals surface area contributed by atoms with Crippen LogP contribution in [0.4, 0.5) is 11.8 Å². The highest BCUT2D eigenvalue weighted by atomic mass is 32.2. The molecule has 0 atom stereocenters. The number of nitrogens with one attached hydrogen (secondary N) is 3. The van der Waals surface area contributed by atoms with Gasteiger partial charge in [-0.2, -0.15) is 4.98 Å². The van der Waals surface area contributed by atoms with Gasteiger partial charge in [-0.25, -0.2) is 18.1 Å². The number of rotatable bonds is 9. The largest absolute Gasteiger partial charge is 0.370 e. The molecule has 0 fully saturated rings. The van der Waals surface area contributed by atoms with Gasteiger partial charge in [0.1, 0.15) is 5.82 Å². The van der Waals surface area contributed by atoms with Crippen molar-refractivity contribution in [3.05, 3.63) is 12.3 Å². The molecule has 1 aromatic heterocycles. The maximum absolute atomic E-state index is 10.8. The van der Waals surface area contributed by atoms with Crippen LogP contribution < -0.4 is 15.4 Å². The zero-order valence-electron chi connectivity index (χ0n) is 11.3. The number of aromatic nitrogens is 2. The molecule has 0 aromatic carbocycles. The van der Waals surface area contributed by atoms with E-state index in [1.54, 1.807) is 12.3 Å². The molecule has 1 rings (SSSR count). The van der Waals surface area contributed by atoms with E-state index in [2.05, 4.69) is 32.2 Å². The average molecular weight is 287 g/mol. The second-order valence-electron chi connectivity index (χ2n) is 4.14. The van der Waals surface area contributed by atoms with Crippen LogP contribution in [0.5, 0.6) is 0 Å². The minimum Gasteiger partial charge on any atom is -0.370 e. The van der Waals surface area contributed by atoms with Crippen molar-refractivity contribution in [1.82, 2.24) is 14.7 Å². The first-order chi connectivity index (χ1) is 9.01. The van der Waals surface area contributed by atoms with Crippen LogP contribution >= 0.6 is 0 Å².